The maximum Gasteiger partial charge on any atom is 0.125 e. The molecule has 5 rings (SSSR count). The van der Waals surface area contributed by atoms with Crippen molar-refractivity contribution in [2.75, 3.05) is 26.3 Å². The molecule has 26 heavy (non-hydrogen) atoms. The topological polar surface area (TPSA) is 30.9 Å². The fraction of sp³-hybridized carbons (Fsp3) is 0.727. The summed E-state index contributed by atoms with van der Waals surface area (Å²) < 4.78 is 18.7. The second-order valence-electron chi connectivity index (χ2n) is 9.09. The van der Waals surface area contributed by atoms with Crippen LogP contribution in [0.5, 0.6) is 5.75 Å². The van der Waals surface area contributed by atoms with Gasteiger partial charge in [-0.05, 0) is 51.5 Å². The van der Waals surface area contributed by atoms with Gasteiger partial charge in [0, 0.05) is 43.8 Å². The first-order valence-electron chi connectivity index (χ1n) is 10.4. The van der Waals surface area contributed by atoms with Crippen LogP contribution in [0.2, 0.25) is 0 Å². The number of rotatable bonds is 2. The Morgan fingerprint density at radius 2 is 1.92 bits per heavy atom. The van der Waals surface area contributed by atoms with E-state index in [-0.39, 0.29) is 11.7 Å². The predicted molar refractivity (Wildman–Crippen MR) is 100 cm³/mol. The highest BCUT2D eigenvalue weighted by molar-refractivity contribution is 5.39. The van der Waals surface area contributed by atoms with Gasteiger partial charge >= 0.3 is 0 Å². The van der Waals surface area contributed by atoms with Gasteiger partial charge in [0.2, 0.25) is 0 Å². The van der Waals surface area contributed by atoms with Crippen LogP contribution in [0.15, 0.2) is 24.3 Å². The molecule has 1 aromatic carbocycles. The number of para-hydroxylation sites is 1. The lowest BCUT2D eigenvalue weighted by Gasteiger charge is -2.51. The van der Waals surface area contributed by atoms with Gasteiger partial charge in [0.1, 0.15) is 11.4 Å². The van der Waals surface area contributed by atoms with Crippen LogP contribution < -0.4 is 4.74 Å². The number of hydrogen-bond donors (Lipinski definition) is 0. The fourth-order valence-electron chi connectivity index (χ4n) is 5.61. The van der Waals surface area contributed by atoms with Crippen LogP contribution in [0, 0.1) is 11.8 Å². The number of likely N-dealkylation sites (tertiary alicyclic amines) is 1. The molecular weight excluding hydrogens is 326 g/mol. The molecule has 3 fully saturated rings. The molecule has 142 valence electrons. The van der Waals surface area contributed by atoms with E-state index in [1.165, 1.54) is 44.3 Å². The van der Waals surface area contributed by atoms with E-state index >= 15 is 0 Å². The van der Waals surface area contributed by atoms with E-state index in [1.54, 1.807) is 0 Å². The first kappa shape index (κ1) is 17.0. The largest absolute Gasteiger partial charge is 0.487 e. The Labute approximate surface area is 156 Å². The Kier molecular flexibility index (Phi) is 4.26. The molecule has 0 bridgehead atoms. The molecule has 0 unspecified atom stereocenters. The summed E-state index contributed by atoms with van der Waals surface area (Å²) in [6, 6.07) is 9.00. The van der Waals surface area contributed by atoms with Crippen molar-refractivity contribution in [3.05, 3.63) is 29.8 Å². The van der Waals surface area contributed by atoms with Crippen LogP contribution >= 0.6 is 0 Å². The quantitative estimate of drug-likeness (QED) is 0.805. The highest BCUT2D eigenvalue weighted by Crippen LogP contribution is 2.52. The molecule has 4 atom stereocenters. The summed E-state index contributed by atoms with van der Waals surface area (Å²) in [5.41, 5.74) is 1.06. The van der Waals surface area contributed by atoms with Crippen LogP contribution in [0.1, 0.15) is 51.2 Å². The lowest BCUT2D eigenvalue weighted by molar-refractivity contribution is -0.162. The molecule has 0 aliphatic carbocycles. The highest BCUT2D eigenvalue weighted by Gasteiger charge is 2.53. The normalized spacial score (nSPS) is 36.7. The van der Waals surface area contributed by atoms with Crippen LogP contribution in [0.25, 0.3) is 0 Å². The molecule has 4 aliphatic rings. The standard InChI is InChI=1S/C22H31NO3/c1-22(2)17-13-18-20(7-10-23(18)14-15-8-11-24-12-9-15)25-21(17)16-5-3-4-6-19(16)26-22/h3-6,15,17-18,20-21H,7-14H2,1-2H3/t17-,18-,20-,21+/m1/s1. The second kappa shape index (κ2) is 6.50. The van der Waals surface area contributed by atoms with Crippen molar-refractivity contribution in [2.24, 2.45) is 11.8 Å². The van der Waals surface area contributed by atoms with Crippen LogP contribution in [-0.2, 0) is 9.47 Å². The summed E-state index contributed by atoms with van der Waals surface area (Å²) in [5.74, 6) is 2.21. The van der Waals surface area contributed by atoms with E-state index in [0.717, 1.165) is 24.9 Å². The van der Waals surface area contributed by atoms with Crippen molar-refractivity contribution in [1.29, 1.82) is 0 Å². The molecule has 0 N–H and O–H groups in total. The van der Waals surface area contributed by atoms with E-state index in [9.17, 15) is 0 Å². The van der Waals surface area contributed by atoms with E-state index in [1.807, 2.05) is 0 Å². The third-order valence-electron chi connectivity index (χ3n) is 7.11. The van der Waals surface area contributed by atoms with Gasteiger partial charge in [0.15, 0.2) is 0 Å². The number of fused-ring (bicyclic) bond motifs is 4. The monoisotopic (exact) mass is 357 g/mol. The fourth-order valence-corrected chi connectivity index (χ4v) is 5.61. The average Bonchev–Trinajstić information content (AvgIpc) is 3.03. The third-order valence-corrected chi connectivity index (χ3v) is 7.11. The summed E-state index contributed by atoms with van der Waals surface area (Å²) >= 11 is 0. The van der Waals surface area contributed by atoms with Gasteiger partial charge in [-0.3, -0.25) is 4.90 Å². The lowest BCUT2D eigenvalue weighted by atomic mass is 9.74. The number of hydrogen-bond acceptors (Lipinski definition) is 4. The first-order chi connectivity index (χ1) is 12.6. The molecule has 3 saturated heterocycles. The zero-order valence-corrected chi connectivity index (χ0v) is 16.0. The summed E-state index contributed by atoms with van der Waals surface area (Å²) in [6.07, 6.45) is 5.32. The van der Waals surface area contributed by atoms with Gasteiger partial charge in [0.05, 0.1) is 12.2 Å². The van der Waals surface area contributed by atoms with E-state index < -0.39 is 0 Å². The molecule has 4 aliphatic heterocycles. The molecule has 4 heterocycles. The molecule has 0 radical (unpaired) electrons. The van der Waals surface area contributed by atoms with Crippen molar-refractivity contribution >= 4 is 0 Å². The van der Waals surface area contributed by atoms with Gasteiger partial charge in [-0.25, -0.2) is 0 Å². The van der Waals surface area contributed by atoms with Gasteiger partial charge in [-0.1, -0.05) is 18.2 Å². The zero-order chi connectivity index (χ0) is 17.7. The predicted octanol–water partition coefficient (Wildman–Crippen LogP) is 3.80. The molecular formula is C22H31NO3. The summed E-state index contributed by atoms with van der Waals surface area (Å²) in [6.45, 7) is 8.74. The Morgan fingerprint density at radius 1 is 1.12 bits per heavy atom. The lowest BCUT2D eigenvalue weighted by Crippen LogP contribution is -2.54. The Morgan fingerprint density at radius 3 is 2.77 bits per heavy atom. The molecule has 0 spiro atoms. The van der Waals surface area contributed by atoms with Crippen LogP contribution in [0.3, 0.4) is 0 Å². The summed E-state index contributed by atoms with van der Waals surface area (Å²) in [5, 5.41) is 0. The Balaban J connectivity index is 1.36. The van der Waals surface area contributed by atoms with Crippen molar-refractivity contribution in [3.8, 4) is 5.75 Å². The summed E-state index contributed by atoms with van der Waals surface area (Å²) in [7, 11) is 0. The van der Waals surface area contributed by atoms with E-state index in [2.05, 4.69) is 43.0 Å². The number of ether oxygens (including phenoxy) is 3. The summed E-state index contributed by atoms with van der Waals surface area (Å²) in [4.78, 5) is 2.72. The van der Waals surface area contributed by atoms with E-state index in [0.29, 0.717) is 18.1 Å². The van der Waals surface area contributed by atoms with Crippen LogP contribution in [-0.4, -0.2) is 49.0 Å². The average molecular weight is 357 g/mol. The van der Waals surface area contributed by atoms with Crippen molar-refractivity contribution in [2.45, 2.75) is 63.4 Å². The minimum absolute atomic E-state index is 0.180. The third kappa shape index (κ3) is 2.87. The van der Waals surface area contributed by atoms with Crippen LogP contribution in [0.4, 0.5) is 0 Å². The molecule has 4 heteroatoms. The smallest absolute Gasteiger partial charge is 0.125 e. The SMILES string of the molecule is CC1(C)Oc2ccccc2[C@@H]2O[C@@H]3CCN(CC4CCOCC4)[C@@H]3C[C@H]21. The van der Waals surface area contributed by atoms with E-state index in [4.69, 9.17) is 14.2 Å². The van der Waals surface area contributed by atoms with Gasteiger partial charge in [-0.2, -0.15) is 0 Å². The molecule has 4 nitrogen and oxygen atoms in total. The number of nitrogens with zero attached hydrogens (tertiary/aromatic N) is 1. The van der Waals surface area contributed by atoms with Crippen molar-refractivity contribution < 1.29 is 14.2 Å². The van der Waals surface area contributed by atoms with Crippen molar-refractivity contribution in [3.63, 3.8) is 0 Å². The zero-order valence-electron chi connectivity index (χ0n) is 16.0. The molecule has 0 amide bonds. The molecule has 0 aromatic heterocycles. The Hall–Kier alpha value is -1.10. The maximum absolute atomic E-state index is 6.75. The second-order valence-corrected chi connectivity index (χ2v) is 9.09. The molecule has 1 aromatic rings. The van der Waals surface area contributed by atoms with Crippen molar-refractivity contribution in [1.82, 2.24) is 4.90 Å². The maximum atomic E-state index is 6.75. The van der Waals surface area contributed by atoms with Gasteiger partial charge in [0.25, 0.3) is 0 Å². The molecule has 0 saturated carbocycles. The highest BCUT2D eigenvalue weighted by atomic mass is 16.5. The first-order valence-corrected chi connectivity index (χ1v) is 10.4. The number of benzene rings is 1. The van der Waals surface area contributed by atoms with Gasteiger partial charge in [-0.15, -0.1) is 0 Å². The van der Waals surface area contributed by atoms with Gasteiger partial charge < -0.3 is 14.2 Å². The minimum Gasteiger partial charge on any atom is -0.487 e. The Bertz CT molecular complexity index is 655. The minimum atomic E-state index is -0.184.